The number of hydrogen-bond donors (Lipinski definition) is 2. The van der Waals surface area contributed by atoms with E-state index in [1.54, 1.807) is 13.8 Å². The molecule has 8 aromatic rings. The van der Waals surface area contributed by atoms with Gasteiger partial charge in [-0.15, -0.1) is 0 Å². The van der Waals surface area contributed by atoms with E-state index in [0.717, 1.165) is 40.0 Å². The molecule has 2 amide bonds. The number of benzene rings is 4. The quantitative estimate of drug-likeness (QED) is 0.0996. The maximum absolute atomic E-state index is 13.9. The summed E-state index contributed by atoms with van der Waals surface area (Å²) < 4.78 is 149. The van der Waals surface area contributed by atoms with Gasteiger partial charge in [0, 0.05) is 17.2 Å². The Morgan fingerprint density at radius 3 is 1.51 bits per heavy atom. The summed E-state index contributed by atoms with van der Waals surface area (Å²) in [5.41, 5.74) is -1.21. The maximum atomic E-state index is 13.9. The van der Waals surface area contributed by atoms with E-state index in [4.69, 9.17) is 21.1 Å². The van der Waals surface area contributed by atoms with Gasteiger partial charge >= 0.3 is 12.4 Å². The van der Waals surface area contributed by atoms with Gasteiger partial charge in [-0.05, 0) is 68.4 Å². The minimum Gasteiger partial charge on any atom is -0.494 e. The van der Waals surface area contributed by atoms with E-state index in [-0.39, 0.29) is 55.9 Å². The summed E-state index contributed by atoms with van der Waals surface area (Å²) in [5.74, 6) is -10.1. The number of hydrogen-bond acceptors (Lipinski definition) is 10. The largest absolute Gasteiger partial charge is 0.494 e. The van der Waals surface area contributed by atoms with Gasteiger partial charge in [-0.2, -0.15) is 26.3 Å². The molecule has 0 aliphatic rings. The molecule has 14 nitrogen and oxygen atoms in total. The number of rotatable bonds is 10. The number of anilines is 2. The second kappa shape index (κ2) is 18.9. The summed E-state index contributed by atoms with van der Waals surface area (Å²) in [4.78, 5) is 47.4. The highest BCUT2D eigenvalue weighted by molar-refractivity contribution is 6.30. The molecule has 0 spiro atoms. The molecule has 0 radical (unpaired) electrons. The second-order valence-corrected chi connectivity index (χ2v) is 13.9. The van der Waals surface area contributed by atoms with Gasteiger partial charge in [0.15, 0.2) is 34.9 Å². The molecule has 8 rings (SSSR count). The molecule has 25 heteroatoms. The Hall–Kier alpha value is -7.89. The molecule has 4 heterocycles. The first-order chi connectivity index (χ1) is 31.8. The van der Waals surface area contributed by atoms with Crippen LogP contribution in [0, 0.1) is 23.3 Å². The normalized spacial score (nSPS) is 11.6. The van der Waals surface area contributed by atoms with Crippen LogP contribution in [0.2, 0.25) is 5.02 Å². The molecule has 0 aliphatic carbocycles. The number of nitrogens with one attached hydrogen (secondary N) is 2. The van der Waals surface area contributed by atoms with Gasteiger partial charge < -0.3 is 20.1 Å². The molecule has 2 N–H and O–H groups in total. The molecule has 0 fully saturated rings. The first kappa shape index (κ1) is 47.1. The van der Waals surface area contributed by atoms with Gasteiger partial charge in [0.2, 0.25) is 11.6 Å². The maximum Gasteiger partial charge on any atom is 0.450 e. The minimum absolute atomic E-state index is 0.00508. The average Bonchev–Trinajstić information content (AvgIpc) is 3.86. The number of carbonyl (C=O) groups is 2. The van der Waals surface area contributed by atoms with E-state index in [0.29, 0.717) is 36.8 Å². The Balaban J connectivity index is 0.000000199. The highest BCUT2D eigenvalue weighted by Crippen LogP contribution is 2.36. The lowest BCUT2D eigenvalue weighted by Gasteiger charge is -2.11. The summed E-state index contributed by atoms with van der Waals surface area (Å²) in [5, 5.41) is 4.48. The lowest BCUT2D eigenvalue weighted by molar-refractivity contribution is -0.146. The zero-order chi connectivity index (χ0) is 48.4. The van der Waals surface area contributed by atoms with Crippen molar-refractivity contribution in [3.63, 3.8) is 0 Å². The van der Waals surface area contributed by atoms with E-state index in [1.165, 1.54) is 48.5 Å². The van der Waals surface area contributed by atoms with Crippen LogP contribution in [0.25, 0.3) is 33.7 Å². The number of fused-ring (bicyclic) bond motifs is 2. The Kier molecular flexibility index (Phi) is 13.3. The first-order valence-electron chi connectivity index (χ1n) is 19.1. The van der Waals surface area contributed by atoms with Crippen LogP contribution in [-0.2, 0) is 12.4 Å². The molecular formula is C42H27ClF10N10O4. The molecule has 0 aliphatic heterocycles. The third-order valence-corrected chi connectivity index (χ3v) is 9.28. The zero-order valence-corrected chi connectivity index (χ0v) is 34.7. The van der Waals surface area contributed by atoms with E-state index in [2.05, 4.69) is 35.2 Å². The predicted molar refractivity (Wildman–Crippen MR) is 219 cm³/mol. The molecule has 0 unspecified atom stereocenters. The second-order valence-electron chi connectivity index (χ2n) is 13.5. The molecule has 0 atom stereocenters. The van der Waals surface area contributed by atoms with E-state index < -0.39 is 64.6 Å². The molecular weight excluding hydrogens is 934 g/mol. The Morgan fingerprint density at radius 2 is 1.07 bits per heavy atom. The van der Waals surface area contributed by atoms with Crippen LogP contribution < -0.4 is 20.1 Å². The van der Waals surface area contributed by atoms with Gasteiger partial charge in [0.05, 0.1) is 65.6 Å². The monoisotopic (exact) mass is 960 g/mol. The number of halogens is 11. The smallest absolute Gasteiger partial charge is 0.450 e. The number of carbonyl (C=O) groups excluding carboxylic acids is 2. The SMILES string of the molecule is CCOc1ccc2c(c1)nc(C(F)(F)F)n2-c1cnc(NC(=O)c2c(F)ccc(F)c2F)cn1.CCOc1ccc2c(c1)nc(C(F)(F)F)n2-c1cnc(NC(=O)c2ccc(Cl)cc2F)cn1. The van der Waals surface area contributed by atoms with E-state index in [9.17, 15) is 53.5 Å². The number of ether oxygens (including phenoxy) is 2. The van der Waals surface area contributed by atoms with Crippen LogP contribution in [0.5, 0.6) is 11.5 Å². The summed E-state index contributed by atoms with van der Waals surface area (Å²) >= 11 is 5.67. The van der Waals surface area contributed by atoms with Crippen molar-refractivity contribution in [1.29, 1.82) is 0 Å². The predicted octanol–water partition coefficient (Wildman–Crippen LogP) is 10.2. The molecule has 346 valence electrons. The van der Waals surface area contributed by atoms with Crippen molar-refractivity contribution in [2.24, 2.45) is 0 Å². The molecule has 67 heavy (non-hydrogen) atoms. The summed E-state index contributed by atoms with van der Waals surface area (Å²) in [6.07, 6.45) is -5.73. The minimum atomic E-state index is -4.84. The molecule has 4 aromatic carbocycles. The third-order valence-electron chi connectivity index (χ3n) is 9.05. The zero-order valence-electron chi connectivity index (χ0n) is 33.9. The van der Waals surface area contributed by atoms with Crippen molar-refractivity contribution >= 4 is 57.1 Å². The topological polar surface area (TPSA) is 164 Å². The third kappa shape index (κ3) is 10.2. The molecule has 0 saturated carbocycles. The number of aromatic nitrogens is 8. The molecule has 0 bridgehead atoms. The average molecular weight is 961 g/mol. The van der Waals surface area contributed by atoms with Crippen LogP contribution in [0.4, 0.5) is 55.5 Å². The highest BCUT2D eigenvalue weighted by Gasteiger charge is 2.40. The van der Waals surface area contributed by atoms with Crippen molar-refractivity contribution in [2.45, 2.75) is 26.2 Å². The summed E-state index contributed by atoms with van der Waals surface area (Å²) in [7, 11) is 0. The fourth-order valence-corrected chi connectivity index (χ4v) is 6.41. The van der Waals surface area contributed by atoms with E-state index in [1.807, 2.05) is 5.32 Å². The van der Waals surface area contributed by atoms with Gasteiger partial charge in [-0.1, -0.05) is 11.6 Å². The Bertz CT molecular complexity index is 3150. The van der Waals surface area contributed by atoms with Crippen LogP contribution in [-0.4, -0.2) is 64.1 Å². The van der Waals surface area contributed by atoms with Gasteiger partial charge in [0.1, 0.15) is 28.7 Å². The van der Waals surface area contributed by atoms with Gasteiger partial charge in [0.25, 0.3) is 11.8 Å². The summed E-state index contributed by atoms with van der Waals surface area (Å²) in [6, 6.07) is 13.1. The number of alkyl halides is 6. The molecule has 4 aromatic heterocycles. The van der Waals surface area contributed by atoms with Crippen molar-refractivity contribution in [3.05, 3.63) is 143 Å². The number of amides is 2. The lowest BCUT2D eigenvalue weighted by Crippen LogP contribution is -2.18. The van der Waals surface area contributed by atoms with Crippen LogP contribution in [0.1, 0.15) is 46.2 Å². The van der Waals surface area contributed by atoms with E-state index >= 15 is 0 Å². The summed E-state index contributed by atoms with van der Waals surface area (Å²) in [6.45, 7) is 4.12. The van der Waals surface area contributed by atoms with Gasteiger partial charge in [-0.3, -0.25) is 18.7 Å². The number of nitrogens with zero attached hydrogens (tertiary/aromatic N) is 8. The fourth-order valence-electron chi connectivity index (χ4n) is 6.25. The number of imidazole rings is 2. The first-order valence-corrected chi connectivity index (χ1v) is 19.5. The highest BCUT2D eigenvalue weighted by atomic mass is 35.5. The lowest BCUT2D eigenvalue weighted by atomic mass is 10.1. The Morgan fingerprint density at radius 1 is 0.597 bits per heavy atom. The standard InChI is InChI=1S/C21H14ClF4N5O2.C21H13F6N5O2/c1-2-33-12-4-6-16-15(8-12)29-20(21(24,25)26)31(16)18-10-27-17(9-28-18)30-19(32)13-5-3-11(22)7-14(13)23;1-2-34-10-3-6-14-13(7-10)30-20(21(25,26)27)32(14)16-9-28-15(8-29-16)31-19(33)17-11(22)4-5-12(23)18(17)24/h3-10H,2H2,1H3,(H,27,30,32);3-9H,2H2,1H3,(H,28,31,33). The van der Waals surface area contributed by atoms with Crippen molar-refractivity contribution in [1.82, 2.24) is 39.0 Å². The van der Waals surface area contributed by atoms with Crippen molar-refractivity contribution in [3.8, 4) is 23.1 Å². The molecule has 0 saturated heterocycles. The fraction of sp³-hybridized carbons (Fsp3) is 0.143. The Labute approximate surface area is 374 Å². The van der Waals surface area contributed by atoms with Crippen LogP contribution in [0.3, 0.4) is 0 Å². The van der Waals surface area contributed by atoms with Crippen LogP contribution in [0.15, 0.2) is 91.5 Å². The van der Waals surface area contributed by atoms with Gasteiger partial charge in [-0.25, -0.2) is 47.5 Å². The van der Waals surface area contributed by atoms with Crippen molar-refractivity contribution in [2.75, 3.05) is 23.8 Å². The van der Waals surface area contributed by atoms with Crippen LogP contribution >= 0.6 is 11.6 Å². The van der Waals surface area contributed by atoms with Crippen molar-refractivity contribution < 1.29 is 63.0 Å².